The molecular weight excluding hydrogens is 256 g/mol. The Balaban J connectivity index is 1.88. The van der Waals surface area contributed by atoms with Crippen molar-refractivity contribution in [1.29, 1.82) is 0 Å². The fourth-order valence-corrected chi connectivity index (χ4v) is 3.48. The van der Waals surface area contributed by atoms with Gasteiger partial charge in [0, 0.05) is 31.2 Å². The molecule has 4 nitrogen and oxygen atoms in total. The van der Waals surface area contributed by atoms with Crippen molar-refractivity contribution in [3.05, 3.63) is 17.3 Å². The Kier molecular flexibility index (Phi) is 3.75. The monoisotopic (exact) mass is 278 g/mol. The summed E-state index contributed by atoms with van der Waals surface area (Å²) in [6, 6.07) is 0. The van der Waals surface area contributed by atoms with Gasteiger partial charge in [-0.15, -0.1) is 11.3 Å². The maximum Gasteiger partial charge on any atom is 0.195 e. The molecule has 0 amide bonds. The molecule has 104 valence electrons. The first-order valence-electron chi connectivity index (χ1n) is 7.19. The average molecular weight is 278 g/mol. The topological polar surface area (TPSA) is 32.6 Å². The Morgan fingerprint density at radius 1 is 1.53 bits per heavy atom. The Hall–Kier alpha value is -1.07. The maximum atomic E-state index is 4.84. The van der Waals surface area contributed by atoms with Gasteiger partial charge >= 0.3 is 0 Å². The number of hydrogen-bond donors (Lipinski definition) is 1. The molecule has 5 heteroatoms. The van der Waals surface area contributed by atoms with Gasteiger partial charge in [-0.05, 0) is 25.3 Å². The second-order valence-electron chi connectivity index (χ2n) is 5.45. The number of imidazole rings is 1. The lowest BCUT2D eigenvalue weighted by molar-refractivity contribution is 0.652. The first kappa shape index (κ1) is 12.9. The zero-order valence-corrected chi connectivity index (χ0v) is 12.5. The lowest BCUT2D eigenvalue weighted by atomic mass is 10.2. The molecular formula is C14H22N4S. The first-order valence-corrected chi connectivity index (χ1v) is 8.07. The Labute approximate surface area is 118 Å². The normalized spacial score (nSPS) is 19.7. The van der Waals surface area contributed by atoms with E-state index in [0.717, 1.165) is 37.1 Å². The zero-order valence-electron chi connectivity index (χ0n) is 11.7. The maximum absolute atomic E-state index is 4.84. The third-order valence-corrected chi connectivity index (χ3v) is 4.54. The SMILES string of the molecule is CCCNCc1c(N2CCC(C)C2)nc2sccn12. The first-order chi connectivity index (χ1) is 9.29. The molecule has 19 heavy (non-hydrogen) atoms. The third-order valence-electron chi connectivity index (χ3n) is 3.78. The predicted octanol–water partition coefficient (Wildman–Crippen LogP) is 2.74. The standard InChI is InChI=1S/C14H22N4S/c1-3-5-15-9-12-13(17-6-4-11(2)10-17)16-14-18(12)7-8-19-14/h7-8,11,15H,3-6,9-10H2,1-2H3. The number of fused-ring (bicyclic) bond motifs is 1. The lowest BCUT2D eigenvalue weighted by Crippen LogP contribution is -2.23. The van der Waals surface area contributed by atoms with E-state index in [2.05, 4.69) is 40.0 Å². The highest BCUT2D eigenvalue weighted by molar-refractivity contribution is 7.15. The third kappa shape index (κ3) is 2.49. The molecule has 1 saturated heterocycles. The summed E-state index contributed by atoms with van der Waals surface area (Å²) in [4.78, 5) is 8.40. The van der Waals surface area contributed by atoms with Crippen LogP contribution in [0.1, 0.15) is 32.4 Å². The van der Waals surface area contributed by atoms with Gasteiger partial charge < -0.3 is 10.2 Å². The molecule has 3 heterocycles. The molecule has 0 bridgehead atoms. The van der Waals surface area contributed by atoms with Crippen molar-refractivity contribution >= 4 is 22.1 Å². The number of nitrogens with zero attached hydrogens (tertiary/aromatic N) is 3. The number of rotatable bonds is 5. The van der Waals surface area contributed by atoms with Gasteiger partial charge in [-0.1, -0.05) is 13.8 Å². The number of thiazole rings is 1. The van der Waals surface area contributed by atoms with Crippen LogP contribution in [0.4, 0.5) is 5.82 Å². The van der Waals surface area contributed by atoms with E-state index in [0.29, 0.717) is 0 Å². The summed E-state index contributed by atoms with van der Waals surface area (Å²) >= 11 is 1.72. The molecule has 0 aliphatic carbocycles. The van der Waals surface area contributed by atoms with Gasteiger partial charge in [0.25, 0.3) is 0 Å². The van der Waals surface area contributed by atoms with Gasteiger partial charge in [0.15, 0.2) is 10.8 Å². The second kappa shape index (κ2) is 5.51. The molecule has 1 fully saturated rings. The highest BCUT2D eigenvalue weighted by atomic mass is 32.1. The van der Waals surface area contributed by atoms with Crippen LogP contribution in [0.15, 0.2) is 11.6 Å². The van der Waals surface area contributed by atoms with Gasteiger partial charge in [-0.25, -0.2) is 4.98 Å². The van der Waals surface area contributed by atoms with Crippen LogP contribution in [0.2, 0.25) is 0 Å². The molecule has 1 unspecified atom stereocenters. The summed E-state index contributed by atoms with van der Waals surface area (Å²) in [5, 5.41) is 5.62. The van der Waals surface area contributed by atoms with Crippen molar-refractivity contribution in [1.82, 2.24) is 14.7 Å². The van der Waals surface area contributed by atoms with Crippen molar-refractivity contribution in [2.45, 2.75) is 33.2 Å². The molecule has 3 rings (SSSR count). The zero-order chi connectivity index (χ0) is 13.2. The summed E-state index contributed by atoms with van der Waals surface area (Å²) in [6.07, 6.45) is 4.59. The average Bonchev–Trinajstić information content (AvgIpc) is 3.06. The van der Waals surface area contributed by atoms with Crippen LogP contribution in [-0.2, 0) is 6.54 Å². The summed E-state index contributed by atoms with van der Waals surface area (Å²) in [5.41, 5.74) is 1.32. The molecule has 0 aromatic carbocycles. The summed E-state index contributed by atoms with van der Waals surface area (Å²) < 4.78 is 2.24. The minimum Gasteiger partial charge on any atom is -0.355 e. The van der Waals surface area contributed by atoms with E-state index in [4.69, 9.17) is 4.98 Å². The Bertz CT molecular complexity index is 545. The van der Waals surface area contributed by atoms with E-state index in [1.807, 2.05) is 0 Å². The largest absolute Gasteiger partial charge is 0.355 e. The quantitative estimate of drug-likeness (QED) is 0.854. The smallest absolute Gasteiger partial charge is 0.195 e. The summed E-state index contributed by atoms with van der Waals surface area (Å²) in [6.45, 7) is 8.79. The number of aromatic nitrogens is 2. The highest BCUT2D eigenvalue weighted by Crippen LogP contribution is 2.28. The minimum atomic E-state index is 0.788. The molecule has 0 radical (unpaired) electrons. The van der Waals surface area contributed by atoms with Crippen molar-refractivity contribution in [3.63, 3.8) is 0 Å². The summed E-state index contributed by atoms with van der Waals surface area (Å²) in [7, 11) is 0. The number of anilines is 1. The minimum absolute atomic E-state index is 0.788. The van der Waals surface area contributed by atoms with Crippen LogP contribution < -0.4 is 10.2 Å². The molecule has 0 saturated carbocycles. The van der Waals surface area contributed by atoms with Crippen LogP contribution in [0.3, 0.4) is 0 Å². The molecule has 1 atom stereocenters. The van der Waals surface area contributed by atoms with Crippen molar-refractivity contribution in [2.75, 3.05) is 24.5 Å². The van der Waals surface area contributed by atoms with Crippen LogP contribution in [0.25, 0.3) is 4.96 Å². The van der Waals surface area contributed by atoms with E-state index in [1.165, 1.54) is 24.4 Å². The second-order valence-corrected chi connectivity index (χ2v) is 6.33. The molecule has 1 aliphatic rings. The van der Waals surface area contributed by atoms with E-state index < -0.39 is 0 Å². The fraction of sp³-hybridized carbons (Fsp3) is 0.643. The van der Waals surface area contributed by atoms with Crippen LogP contribution in [0, 0.1) is 5.92 Å². The van der Waals surface area contributed by atoms with Crippen LogP contribution in [0.5, 0.6) is 0 Å². The lowest BCUT2D eigenvalue weighted by Gasteiger charge is -2.17. The van der Waals surface area contributed by atoms with Gasteiger partial charge in [0.1, 0.15) is 0 Å². The van der Waals surface area contributed by atoms with Crippen molar-refractivity contribution < 1.29 is 0 Å². The molecule has 0 spiro atoms. The number of hydrogen-bond acceptors (Lipinski definition) is 4. The van der Waals surface area contributed by atoms with Crippen LogP contribution >= 0.6 is 11.3 Å². The van der Waals surface area contributed by atoms with E-state index in [-0.39, 0.29) is 0 Å². The van der Waals surface area contributed by atoms with Gasteiger partial charge in [0.2, 0.25) is 0 Å². The number of nitrogens with one attached hydrogen (secondary N) is 1. The van der Waals surface area contributed by atoms with Gasteiger partial charge in [-0.2, -0.15) is 0 Å². The van der Waals surface area contributed by atoms with E-state index in [9.17, 15) is 0 Å². The predicted molar refractivity (Wildman–Crippen MR) is 81.1 cm³/mol. The molecule has 1 aliphatic heterocycles. The van der Waals surface area contributed by atoms with Crippen molar-refractivity contribution in [2.24, 2.45) is 5.92 Å². The van der Waals surface area contributed by atoms with Gasteiger partial charge in [0.05, 0.1) is 5.69 Å². The van der Waals surface area contributed by atoms with E-state index >= 15 is 0 Å². The molecule has 2 aromatic rings. The van der Waals surface area contributed by atoms with Gasteiger partial charge in [-0.3, -0.25) is 4.40 Å². The molecule has 1 N–H and O–H groups in total. The Morgan fingerprint density at radius 3 is 3.16 bits per heavy atom. The molecule has 2 aromatic heterocycles. The van der Waals surface area contributed by atoms with E-state index in [1.54, 1.807) is 11.3 Å². The fourth-order valence-electron chi connectivity index (χ4n) is 2.75. The highest BCUT2D eigenvalue weighted by Gasteiger charge is 2.24. The Morgan fingerprint density at radius 2 is 2.42 bits per heavy atom. The van der Waals surface area contributed by atoms with Crippen molar-refractivity contribution in [3.8, 4) is 0 Å². The van der Waals surface area contributed by atoms with Crippen LogP contribution in [-0.4, -0.2) is 29.0 Å². The summed E-state index contributed by atoms with van der Waals surface area (Å²) in [5.74, 6) is 1.98.